The lowest BCUT2D eigenvalue weighted by atomic mass is 9.96. The molecule has 3 fully saturated rings. The summed E-state index contributed by atoms with van der Waals surface area (Å²) in [7, 11) is 0. The van der Waals surface area contributed by atoms with Gasteiger partial charge in [-0.25, -0.2) is 4.39 Å². The number of carbonyl (C=O) groups is 1. The summed E-state index contributed by atoms with van der Waals surface area (Å²) in [6, 6.07) is 1.38. The third kappa shape index (κ3) is 2.97. The fraction of sp³-hybridized carbons (Fsp3) is 0.875. The van der Waals surface area contributed by atoms with Crippen molar-refractivity contribution >= 4 is 5.91 Å². The van der Waals surface area contributed by atoms with Gasteiger partial charge in [0, 0.05) is 12.0 Å². The summed E-state index contributed by atoms with van der Waals surface area (Å²) >= 11 is 0. The standard InChI is InChI=1S/C16H24FN3O2/c1-16(5-10-2-14(21)3-11(10)6-16)19-8-15(22)20-9-12(17)4-13(20)7-18/h10-14,19,21H,2-6,8-9H2,1H3/t10-,11+,12-,13-,14+,16+/m0/s1. The van der Waals surface area contributed by atoms with Gasteiger partial charge in [-0.05, 0) is 44.4 Å². The smallest absolute Gasteiger partial charge is 0.237 e. The maximum Gasteiger partial charge on any atom is 0.237 e. The van der Waals surface area contributed by atoms with Gasteiger partial charge in [0.25, 0.3) is 0 Å². The first-order chi connectivity index (χ1) is 10.4. The number of carbonyl (C=O) groups excluding carboxylic acids is 1. The molecule has 1 saturated heterocycles. The van der Waals surface area contributed by atoms with E-state index in [0.29, 0.717) is 11.8 Å². The van der Waals surface area contributed by atoms with Gasteiger partial charge in [0.15, 0.2) is 0 Å². The Morgan fingerprint density at radius 3 is 2.64 bits per heavy atom. The number of alkyl halides is 1. The molecule has 1 aliphatic heterocycles. The molecule has 1 amide bonds. The van der Waals surface area contributed by atoms with Gasteiger partial charge in [0.05, 0.1) is 25.3 Å². The summed E-state index contributed by atoms with van der Waals surface area (Å²) in [4.78, 5) is 13.6. The van der Waals surface area contributed by atoms with Crippen LogP contribution in [0.3, 0.4) is 0 Å². The van der Waals surface area contributed by atoms with E-state index in [4.69, 9.17) is 5.26 Å². The number of fused-ring (bicyclic) bond motifs is 1. The summed E-state index contributed by atoms with van der Waals surface area (Å²) < 4.78 is 13.4. The summed E-state index contributed by atoms with van der Waals surface area (Å²) in [5, 5.41) is 22.0. The van der Waals surface area contributed by atoms with Crippen LogP contribution in [0.4, 0.5) is 4.39 Å². The minimum Gasteiger partial charge on any atom is -0.393 e. The summed E-state index contributed by atoms with van der Waals surface area (Å²) in [6.07, 6.45) is 2.54. The zero-order valence-electron chi connectivity index (χ0n) is 13.0. The predicted octanol–water partition coefficient (Wildman–Crippen LogP) is 0.978. The molecule has 0 aromatic carbocycles. The molecule has 6 atom stereocenters. The van der Waals surface area contributed by atoms with Crippen LogP contribution in [0.5, 0.6) is 0 Å². The lowest BCUT2D eigenvalue weighted by Crippen LogP contribution is -2.48. The monoisotopic (exact) mass is 309 g/mol. The van der Waals surface area contributed by atoms with Crippen LogP contribution in [-0.4, -0.2) is 52.9 Å². The molecule has 6 heteroatoms. The third-order valence-electron chi connectivity index (χ3n) is 5.63. The molecule has 0 radical (unpaired) electrons. The number of hydrogen-bond acceptors (Lipinski definition) is 4. The Hall–Kier alpha value is -1.19. The van der Waals surface area contributed by atoms with Gasteiger partial charge >= 0.3 is 0 Å². The van der Waals surface area contributed by atoms with Crippen molar-refractivity contribution < 1.29 is 14.3 Å². The van der Waals surface area contributed by atoms with E-state index < -0.39 is 12.2 Å². The van der Waals surface area contributed by atoms with Crippen LogP contribution in [0.1, 0.15) is 39.0 Å². The van der Waals surface area contributed by atoms with Crippen molar-refractivity contribution in [2.75, 3.05) is 13.1 Å². The lowest BCUT2D eigenvalue weighted by Gasteiger charge is -2.29. The fourth-order valence-corrected chi connectivity index (χ4v) is 4.64. The number of rotatable bonds is 3. The number of likely N-dealkylation sites (tertiary alicyclic amines) is 1. The highest BCUT2D eigenvalue weighted by molar-refractivity contribution is 5.79. The van der Waals surface area contributed by atoms with Gasteiger partial charge < -0.3 is 15.3 Å². The van der Waals surface area contributed by atoms with E-state index in [0.717, 1.165) is 25.7 Å². The first kappa shape index (κ1) is 15.7. The van der Waals surface area contributed by atoms with Gasteiger partial charge in [0.2, 0.25) is 5.91 Å². The van der Waals surface area contributed by atoms with Gasteiger partial charge in [0.1, 0.15) is 12.2 Å². The number of nitrogens with one attached hydrogen (secondary N) is 1. The molecular weight excluding hydrogens is 285 g/mol. The number of aliphatic hydroxyl groups is 1. The van der Waals surface area contributed by atoms with Gasteiger partial charge in [-0.15, -0.1) is 0 Å². The Morgan fingerprint density at radius 2 is 2.05 bits per heavy atom. The molecule has 22 heavy (non-hydrogen) atoms. The van der Waals surface area contributed by atoms with Crippen LogP contribution in [0.2, 0.25) is 0 Å². The van der Waals surface area contributed by atoms with Crippen LogP contribution in [-0.2, 0) is 4.79 Å². The van der Waals surface area contributed by atoms with Crippen molar-refractivity contribution in [3.05, 3.63) is 0 Å². The maximum atomic E-state index is 13.4. The number of nitrogens with zero attached hydrogens (tertiary/aromatic N) is 2. The number of aliphatic hydroxyl groups excluding tert-OH is 1. The Kier molecular flexibility index (Phi) is 4.13. The van der Waals surface area contributed by atoms with E-state index in [1.165, 1.54) is 4.90 Å². The Morgan fingerprint density at radius 1 is 1.41 bits per heavy atom. The molecule has 2 aliphatic carbocycles. The van der Waals surface area contributed by atoms with Crippen molar-refractivity contribution in [3.63, 3.8) is 0 Å². The Labute approximate surface area is 130 Å². The normalized spacial score (nSPS) is 44.1. The third-order valence-corrected chi connectivity index (χ3v) is 5.63. The number of halogens is 1. The number of nitriles is 1. The largest absolute Gasteiger partial charge is 0.393 e. The molecule has 1 heterocycles. The first-order valence-electron chi connectivity index (χ1n) is 8.16. The molecule has 0 aromatic rings. The second-order valence-corrected chi connectivity index (χ2v) is 7.49. The highest BCUT2D eigenvalue weighted by Crippen LogP contribution is 2.48. The molecule has 0 aromatic heterocycles. The second-order valence-electron chi connectivity index (χ2n) is 7.49. The van der Waals surface area contributed by atoms with Crippen LogP contribution in [0.25, 0.3) is 0 Å². The summed E-state index contributed by atoms with van der Waals surface area (Å²) in [6.45, 7) is 2.31. The zero-order valence-corrected chi connectivity index (χ0v) is 13.0. The maximum absolute atomic E-state index is 13.4. The average Bonchev–Trinajstić information content (AvgIpc) is 3.07. The van der Waals surface area contributed by atoms with Crippen molar-refractivity contribution in [2.24, 2.45) is 11.8 Å². The van der Waals surface area contributed by atoms with E-state index in [-0.39, 0.29) is 37.1 Å². The van der Waals surface area contributed by atoms with E-state index in [9.17, 15) is 14.3 Å². The number of amides is 1. The second kappa shape index (κ2) is 5.78. The highest BCUT2D eigenvalue weighted by atomic mass is 19.1. The van der Waals surface area contributed by atoms with Crippen LogP contribution < -0.4 is 5.32 Å². The topological polar surface area (TPSA) is 76.4 Å². The molecule has 0 bridgehead atoms. The molecule has 2 saturated carbocycles. The molecule has 5 nitrogen and oxygen atoms in total. The molecule has 3 rings (SSSR count). The minimum absolute atomic E-state index is 0.0346. The summed E-state index contributed by atoms with van der Waals surface area (Å²) in [5.41, 5.74) is -0.0951. The van der Waals surface area contributed by atoms with Crippen molar-refractivity contribution in [1.82, 2.24) is 10.2 Å². The van der Waals surface area contributed by atoms with Crippen molar-refractivity contribution in [1.29, 1.82) is 5.26 Å². The molecular formula is C16H24FN3O2. The molecule has 0 spiro atoms. The van der Waals surface area contributed by atoms with E-state index in [2.05, 4.69) is 12.2 Å². The Bertz CT molecular complexity index is 478. The van der Waals surface area contributed by atoms with Gasteiger partial charge in [-0.2, -0.15) is 5.26 Å². The number of hydrogen-bond donors (Lipinski definition) is 2. The van der Waals surface area contributed by atoms with Crippen molar-refractivity contribution in [2.45, 2.75) is 62.9 Å². The van der Waals surface area contributed by atoms with E-state index >= 15 is 0 Å². The minimum atomic E-state index is -1.09. The van der Waals surface area contributed by atoms with Crippen LogP contribution in [0, 0.1) is 23.2 Å². The highest BCUT2D eigenvalue weighted by Gasteiger charge is 2.47. The average molecular weight is 309 g/mol. The fourth-order valence-electron chi connectivity index (χ4n) is 4.64. The first-order valence-corrected chi connectivity index (χ1v) is 8.16. The Balaban J connectivity index is 1.53. The van der Waals surface area contributed by atoms with Crippen molar-refractivity contribution in [3.8, 4) is 6.07 Å². The van der Waals surface area contributed by atoms with E-state index in [1.807, 2.05) is 6.07 Å². The lowest BCUT2D eigenvalue weighted by molar-refractivity contribution is -0.130. The SMILES string of the molecule is C[C@]1(NCC(=O)N2C[C@@H](F)C[C@H]2C#N)C[C@H]2C[C@H](O)C[C@H]2C1. The molecule has 2 N–H and O–H groups in total. The molecule has 122 valence electrons. The van der Waals surface area contributed by atoms with E-state index in [1.54, 1.807) is 0 Å². The summed E-state index contributed by atoms with van der Waals surface area (Å²) in [5.74, 6) is 0.887. The van der Waals surface area contributed by atoms with Gasteiger partial charge in [-0.1, -0.05) is 0 Å². The van der Waals surface area contributed by atoms with Crippen LogP contribution >= 0.6 is 0 Å². The van der Waals surface area contributed by atoms with Crippen LogP contribution in [0.15, 0.2) is 0 Å². The van der Waals surface area contributed by atoms with Gasteiger partial charge in [-0.3, -0.25) is 4.79 Å². The quantitative estimate of drug-likeness (QED) is 0.815. The predicted molar refractivity (Wildman–Crippen MR) is 78.5 cm³/mol. The molecule has 3 aliphatic rings. The zero-order chi connectivity index (χ0) is 15.9. The molecule has 0 unspecified atom stereocenters.